The SMILES string of the molecule is Cc1cc(Br)ccc1NC(=O)CSc1nnc(-c2ccccc2F)n1Cc1ccco1. The Kier molecular flexibility index (Phi) is 6.53. The molecule has 0 bridgehead atoms. The fraction of sp³-hybridized carbons (Fsp3) is 0.136. The predicted molar refractivity (Wildman–Crippen MR) is 121 cm³/mol. The zero-order valence-corrected chi connectivity index (χ0v) is 18.9. The van der Waals surface area contributed by atoms with Gasteiger partial charge < -0.3 is 9.73 Å². The van der Waals surface area contributed by atoms with Crippen molar-refractivity contribution in [3.8, 4) is 11.4 Å². The molecular formula is C22H18BrFN4O2S. The molecule has 9 heteroatoms. The molecule has 0 spiro atoms. The highest BCUT2D eigenvalue weighted by molar-refractivity contribution is 9.10. The first-order valence-electron chi connectivity index (χ1n) is 9.40. The number of thioether (sulfide) groups is 1. The Morgan fingerprint density at radius 3 is 2.77 bits per heavy atom. The highest BCUT2D eigenvalue weighted by Gasteiger charge is 2.19. The number of aromatic nitrogens is 3. The molecule has 0 aliphatic heterocycles. The van der Waals surface area contributed by atoms with Crippen molar-refractivity contribution in [3.05, 3.63) is 82.5 Å². The number of rotatable bonds is 7. The van der Waals surface area contributed by atoms with Crippen LogP contribution in [0.15, 0.2) is 74.9 Å². The zero-order chi connectivity index (χ0) is 21.8. The van der Waals surface area contributed by atoms with E-state index in [1.807, 2.05) is 31.2 Å². The van der Waals surface area contributed by atoms with Gasteiger partial charge in [-0.15, -0.1) is 10.2 Å². The number of carbonyl (C=O) groups is 1. The summed E-state index contributed by atoms with van der Waals surface area (Å²) in [5.74, 6) is 0.615. The maximum Gasteiger partial charge on any atom is 0.234 e. The van der Waals surface area contributed by atoms with E-state index in [0.717, 1.165) is 15.7 Å². The maximum atomic E-state index is 14.4. The Morgan fingerprint density at radius 1 is 1.19 bits per heavy atom. The molecule has 2 aromatic carbocycles. The molecule has 4 rings (SSSR count). The highest BCUT2D eigenvalue weighted by atomic mass is 79.9. The molecule has 6 nitrogen and oxygen atoms in total. The molecule has 0 aliphatic carbocycles. The Hall–Kier alpha value is -2.91. The van der Waals surface area contributed by atoms with Gasteiger partial charge in [0.15, 0.2) is 11.0 Å². The number of amides is 1. The second-order valence-electron chi connectivity index (χ2n) is 6.75. The van der Waals surface area contributed by atoms with E-state index in [4.69, 9.17) is 4.42 Å². The summed E-state index contributed by atoms with van der Waals surface area (Å²) in [6, 6.07) is 15.6. The topological polar surface area (TPSA) is 73.0 Å². The summed E-state index contributed by atoms with van der Waals surface area (Å²) < 4.78 is 22.5. The van der Waals surface area contributed by atoms with Crippen LogP contribution in [0.1, 0.15) is 11.3 Å². The monoisotopic (exact) mass is 500 g/mol. The molecular weight excluding hydrogens is 483 g/mol. The van der Waals surface area contributed by atoms with E-state index in [9.17, 15) is 9.18 Å². The van der Waals surface area contributed by atoms with E-state index < -0.39 is 5.82 Å². The van der Waals surface area contributed by atoms with Gasteiger partial charge in [0.05, 0.1) is 24.1 Å². The summed E-state index contributed by atoms with van der Waals surface area (Å²) in [5, 5.41) is 11.8. The number of benzene rings is 2. The van der Waals surface area contributed by atoms with E-state index in [-0.39, 0.29) is 11.7 Å². The van der Waals surface area contributed by atoms with Crippen molar-refractivity contribution in [1.29, 1.82) is 0 Å². The number of furan rings is 1. The minimum atomic E-state index is -0.393. The fourth-order valence-electron chi connectivity index (χ4n) is 3.02. The number of nitrogens with zero attached hydrogens (tertiary/aromatic N) is 3. The quantitative estimate of drug-likeness (QED) is 0.338. The number of hydrogen-bond acceptors (Lipinski definition) is 5. The van der Waals surface area contributed by atoms with Gasteiger partial charge in [0, 0.05) is 10.2 Å². The number of halogens is 2. The Bertz CT molecular complexity index is 1210. The highest BCUT2D eigenvalue weighted by Crippen LogP contribution is 2.27. The van der Waals surface area contributed by atoms with Crippen LogP contribution < -0.4 is 5.32 Å². The van der Waals surface area contributed by atoms with Crippen LogP contribution in [0.5, 0.6) is 0 Å². The van der Waals surface area contributed by atoms with E-state index in [1.54, 1.807) is 35.1 Å². The number of carbonyl (C=O) groups excluding carboxylic acids is 1. The molecule has 0 aliphatic rings. The summed E-state index contributed by atoms with van der Waals surface area (Å²) in [6.07, 6.45) is 1.57. The smallest absolute Gasteiger partial charge is 0.234 e. The van der Waals surface area contributed by atoms with E-state index in [1.165, 1.54) is 17.8 Å². The van der Waals surface area contributed by atoms with Gasteiger partial charge in [0.1, 0.15) is 11.6 Å². The van der Waals surface area contributed by atoms with E-state index >= 15 is 0 Å². The number of aryl methyl sites for hydroxylation is 1. The van der Waals surface area contributed by atoms with Crippen LogP contribution in [0.3, 0.4) is 0 Å². The maximum absolute atomic E-state index is 14.4. The first-order chi connectivity index (χ1) is 15.0. The molecule has 158 valence electrons. The van der Waals surface area contributed by atoms with Crippen molar-refractivity contribution >= 4 is 39.3 Å². The van der Waals surface area contributed by atoms with Crippen molar-refractivity contribution in [2.45, 2.75) is 18.6 Å². The van der Waals surface area contributed by atoms with Crippen LogP contribution in [0.25, 0.3) is 11.4 Å². The molecule has 1 amide bonds. The Morgan fingerprint density at radius 2 is 2.03 bits per heavy atom. The van der Waals surface area contributed by atoms with Gasteiger partial charge in [-0.2, -0.15) is 0 Å². The summed E-state index contributed by atoms with van der Waals surface area (Å²) in [6.45, 7) is 2.24. The molecule has 0 saturated heterocycles. The average Bonchev–Trinajstić information content (AvgIpc) is 3.40. The molecule has 4 aromatic rings. The van der Waals surface area contributed by atoms with Gasteiger partial charge in [-0.1, -0.05) is 39.8 Å². The largest absolute Gasteiger partial charge is 0.467 e. The first kappa shape index (κ1) is 21.3. The van der Waals surface area contributed by atoms with E-state index in [0.29, 0.717) is 28.8 Å². The summed E-state index contributed by atoms with van der Waals surface area (Å²) in [4.78, 5) is 12.5. The normalized spacial score (nSPS) is 10.9. The molecule has 0 fully saturated rings. The van der Waals surface area contributed by atoms with Crippen LogP contribution in [0, 0.1) is 12.7 Å². The molecule has 31 heavy (non-hydrogen) atoms. The van der Waals surface area contributed by atoms with Crippen LogP contribution in [0.4, 0.5) is 10.1 Å². The van der Waals surface area contributed by atoms with Crippen LogP contribution >= 0.6 is 27.7 Å². The minimum Gasteiger partial charge on any atom is -0.467 e. The Labute approximate surface area is 191 Å². The Balaban J connectivity index is 1.55. The lowest BCUT2D eigenvalue weighted by molar-refractivity contribution is -0.113. The third kappa shape index (κ3) is 5.05. The van der Waals surface area contributed by atoms with Gasteiger partial charge >= 0.3 is 0 Å². The van der Waals surface area contributed by atoms with Crippen molar-refractivity contribution in [2.24, 2.45) is 0 Å². The minimum absolute atomic E-state index is 0.128. The molecule has 2 heterocycles. The van der Waals surface area contributed by atoms with Gasteiger partial charge in [-0.25, -0.2) is 4.39 Å². The lowest BCUT2D eigenvalue weighted by Gasteiger charge is -2.10. The summed E-state index contributed by atoms with van der Waals surface area (Å²) in [7, 11) is 0. The summed E-state index contributed by atoms with van der Waals surface area (Å²) >= 11 is 4.64. The lowest BCUT2D eigenvalue weighted by atomic mass is 10.2. The molecule has 0 atom stereocenters. The van der Waals surface area contributed by atoms with Crippen LogP contribution in [-0.4, -0.2) is 26.4 Å². The lowest BCUT2D eigenvalue weighted by Crippen LogP contribution is -2.15. The molecule has 2 aromatic heterocycles. The van der Waals surface area contributed by atoms with Gasteiger partial charge in [0.25, 0.3) is 0 Å². The van der Waals surface area contributed by atoms with Gasteiger partial charge in [0.2, 0.25) is 5.91 Å². The van der Waals surface area contributed by atoms with Crippen molar-refractivity contribution in [3.63, 3.8) is 0 Å². The third-order valence-corrected chi connectivity index (χ3v) is 5.98. The number of hydrogen-bond donors (Lipinski definition) is 1. The molecule has 0 saturated carbocycles. The molecule has 0 unspecified atom stereocenters. The van der Waals surface area contributed by atoms with Crippen molar-refractivity contribution in [2.75, 3.05) is 11.1 Å². The second kappa shape index (κ2) is 9.49. The standard InChI is InChI=1S/C22H18BrFN4O2S/c1-14-11-15(23)8-9-19(14)25-20(29)13-31-22-27-26-21(17-6-2-3-7-18(17)24)28(22)12-16-5-4-10-30-16/h2-11H,12-13H2,1H3,(H,25,29). The molecule has 0 radical (unpaired) electrons. The fourth-order valence-corrected chi connectivity index (χ4v) is 4.24. The van der Waals surface area contributed by atoms with Gasteiger partial charge in [-0.05, 0) is 55.0 Å². The summed E-state index contributed by atoms with van der Waals surface area (Å²) in [5.41, 5.74) is 2.04. The van der Waals surface area contributed by atoms with Crippen LogP contribution in [-0.2, 0) is 11.3 Å². The zero-order valence-electron chi connectivity index (χ0n) is 16.5. The second-order valence-corrected chi connectivity index (χ2v) is 8.61. The first-order valence-corrected chi connectivity index (χ1v) is 11.2. The third-order valence-electron chi connectivity index (χ3n) is 4.52. The van der Waals surface area contributed by atoms with Crippen LogP contribution in [0.2, 0.25) is 0 Å². The van der Waals surface area contributed by atoms with Crippen molar-refractivity contribution < 1.29 is 13.6 Å². The predicted octanol–water partition coefficient (Wildman–Crippen LogP) is 5.53. The van der Waals surface area contributed by atoms with Gasteiger partial charge in [-0.3, -0.25) is 9.36 Å². The number of anilines is 1. The average molecular weight is 501 g/mol. The molecule has 1 N–H and O–H groups in total. The van der Waals surface area contributed by atoms with Crippen molar-refractivity contribution in [1.82, 2.24) is 14.8 Å². The number of nitrogens with one attached hydrogen (secondary N) is 1. The van der Waals surface area contributed by atoms with E-state index in [2.05, 4.69) is 31.4 Å².